The van der Waals surface area contributed by atoms with Crippen LogP contribution in [0, 0.1) is 0 Å². The van der Waals surface area contributed by atoms with Crippen LogP contribution < -0.4 is 5.32 Å². The quantitative estimate of drug-likeness (QED) is 0.890. The number of aryl methyl sites for hydroxylation is 2. The average Bonchev–Trinajstić information content (AvgIpc) is 2.87. The molecule has 3 rings (SSSR count). The van der Waals surface area contributed by atoms with E-state index in [1.165, 1.54) is 24.8 Å². The van der Waals surface area contributed by atoms with Crippen molar-refractivity contribution >= 4 is 0 Å². The summed E-state index contributed by atoms with van der Waals surface area (Å²) in [6.07, 6.45) is 3.87. The molecule has 0 aromatic heterocycles. The first-order chi connectivity index (χ1) is 9.31. The third-order valence-electron chi connectivity index (χ3n) is 4.15. The van der Waals surface area contributed by atoms with Crippen molar-refractivity contribution in [3.05, 3.63) is 34.9 Å². The molecule has 0 saturated carbocycles. The molecule has 3 heteroatoms. The maximum atomic E-state index is 5.50. The zero-order chi connectivity index (χ0) is 13.1. The fraction of sp³-hybridized carbons (Fsp3) is 0.625. The monoisotopic (exact) mass is 260 g/mol. The second kappa shape index (κ2) is 6.04. The maximum Gasteiger partial charge on any atom is 0.0632 e. The first-order valence-electron chi connectivity index (χ1n) is 7.41. The highest BCUT2D eigenvalue weighted by Crippen LogP contribution is 2.23. The Morgan fingerprint density at radius 3 is 3.05 bits per heavy atom. The number of fused-ring (bicyclic) bond motifs is 1. The van der Waals surface area contributed by atoms with Crippen LogP contribution in [0.4, 0.5) is 0 Å². The van der Waals surface area contributed by atoms with E-state index in [4.69, 9.17) is 4.74 Å². The summed E-state index contributed by atoms with van der Waals surface area (Å²) in [6.45, 7) is 4.76. The van der Waals surface area contributed by atoms with Gasteiger partial charge in [-0.3, -0.25) is 0 Å². The maximum absolute atomic E-state index is 5.50. The Morgan fingerprint density at radius 2 is 2.21 bits per heavy atom. The second-order valence-electron chi connectivity index (χ2n) is 5.88. The number of ether oxygens (including phenoxy) is 1. The molecule has 0 bridgehead atoms. The van der Waals surface area contributed by atoms with Gasteiger partial charge in [-0.05, 0) is 43.0 Å². The summed E-state index contributed by atoms with van der Waals surface area (Å²) in [5.74, 6) is 0. The Hall–Kier alpha value is -0.900. The minimum atomic E-state index is 0.480. The highest BCUT2D eigenvalue weighted by Gasteiger charge is 2.16. The van der Waals surface area contributed by atoms with Crippen LogP contribution in [0.3, 0.4) is 0 Å². The molecule has 2 aliphatic rings. The molecule has 1 aliphatic heterocycles. The van der Waals surface area contributed by atoms with Crippen molar-refractivity contribution in [1.82, 2.24) is 10.2 Å². The van der Waals surface area contributed by atoms with Gasteiger partial charge in [-0.2, -0.15) is 0 Å². The van der Waals surface area contributed by atoms with Crippen molar-refractivity contribution in [3.8, 4) is 0 Å². The molecule has 1 aromatic carbocycles. The number of benzene rings is 1. The van der Waals surface area contributed by atoms with Crippen molar-refractivity contribution in [2.24, 2.45) is 0 Å². The van der Waals surface area contributed by atoms with Gasteiger partial charge in [0.15, 0.2) is 0 Å². The third kappa shape index (κ3) is 3.35. The lowest BCUT2D eigenvalue weighted by Gasteiger charge is -2.28. The largest absolute Gasteiger partial charge is 0.378 e. The van der Waals surface area contributed by atoms with Gasteiger partial charge in [0.05, 0.1) is 13.2 Å². The third-order valence-corrected chi connectivity index (χ3v) is 4.15. The lowest BCUT2D eigenvalue weighted by atomic mass is 10.1. The smallest absolute Gasteiger partial charge is 0.0632 e. The van der Waals surface area contributed by atoms with Crippen LogP contribution >= 0.6 is 0 Å². The molecule has 19 heavy (non-hydrogen) atoms. The molecule has 1 saturated heterocycles. The lowest BCUT2D eigenvalue weighted by Crippen LogP contribution is -2.47. The number of hydrogen-bond acceptors (Lipinski definition) is 3. The van der Waals surface area contributed by atoms with Crippen LogP contribution in [0.2, 0.25) is 0 Å². The van der Waals surface area contributed by atoms with E-state index in [1.54, 1.807) is 11.1 Å². The van der Waals surface area contributed by atoms with E-state index in [9.17, 15) is 0 Å². The molecule has 1 N–H and O–H groups in total. The van der Waals surface area contributed by atoms with E-state index < -0.39 is 0 Å². The molecule has 1 heterocycles. The molecule has 0 radical (unpaired) electrons. The second-order valence-corrected chi connectivity index (χ2v) is 5.88. The number of likely N-dealkylation sites (N-methyl/N-ethyl adjacent to an activating group) is 1. The highest BCUT2D eigenvalue weighted by molar-refractivity contribution is 5.35. The highest BCUT2D eigenvalue weighted by atomic mass is 16.5. The molecule has 104 valence electrons. The van der Waals surface area contributed by atoms with Gasteiger partial charge in [0.25, 0.3) is 0 Å². The van der Waals surface area contributed by atoms with E-state index in [0.29, 0.717) is 6.04 Å². The molecule has 0 amide bonds. The fourth-order valence-corrected chi connectivity index (χ4v) is 3.21. The summed E-state index contributed by atoms with van der Waals surface area (Å²) in [7, 11) is 2.20. The molecule has 1 atom stereocenters. The molecule has 1 aromatic rings. The van der Waals surface area contributed by atoms with Gasteiger partial charge < -0.3 is 15.0 Å². The van der Waals surface area contributed by atoms with Crippen LogP contribution in [0.15, 0.2) is 18.2 Å². The zero-order valence-corrected chi connectivity index (χ0v) is 11.8. The first kappa shape index (κ1) is 13.1. The topological polar surface area (TPSA) is 24.5 Å². The Kier molecular flexibility index (Phi) is 4.16. The minimum absolute atomic E-state index is 0.480. The number of nitrogens with one attached hydrogen (secondary N) is 1. The first-order valence-corrected chi connectivity index (χ1v) is 7.41. The van der Waals surface area contributed by atoms with Crippen LogP contribution in [-0.4, -0.2) is 44.3 Å². The lowest BCUT2D eigenvalue weighted by molar-refractivity contribution is 0.0645. The van der Waals surface area contributed by atoms with Gasteiger partial charge in [-0.1, -0.05) is 18.2 Å². The van der Waals surface area contributed by atoms with Crippen LogP contribution in [0.25, 0.3) is 0 Å². The predicted molar refractivity (Wildman–Crippen MR) is 77.4 cm³/mol. The van der Waals surface area contributed by atoms with Gasteiger partial charge in [0.2, 0.25) is 0 Å². The Morgan fingerprint density at radius 1 is 1.32 bits per heavy atom. The van der Waals surface area contributed by atoms with Gasteiger partial charge in [-0.15, -0.1) is 0 Å². The standard InChI is InChI=1S/C16H24N2O/c1-18(11-16-12-19-8-7-17-16)10-13-5-6-14-3-2-4-15(14)9-13/h5-6,9,16-17H,2-4,7-8,10-12H2,1H3. The summed E-state index contributed by atoms with van der Waals surface area (Å²) in [5.41, 5.74) is 4.58. The molecule has 0 spiro atoms. The van der Waals surface area contributed by atoms with Crippen molar-refractivity contribution in [1.29, 1.82) is 0 Å². The van der Waals surface area contributed by atoms with Gasteiger partial charge in [0, 0.05) is 25.7 Å². The summed E-state index contributed by atoms with van der Waals surface area (Å²) in [6, 6.07) is 7.51. The minimum Gasteiger partial charge on any atom is -0.378 e. The van der Waals surface area contributed by atoms with Crippen LogP contribution in [-0.2, 0) is 24.1 Å². The van der Waals surface area contributed by atoms with Crippen molar-refractivity contribution < 1.29 is 4.74 Å². The van der Waals surface area contributed by atoms with Crippen molar-refractivity contribution in [2.45, 2.75) is 31.8 Å². The number of nitrogens with zero attached hydrogens (tertiary/aromatic N) is 1. The van der Waals surface area contributed by atoms with E-state index in [2.05, 4.69) is 35.5 Å². The Bertz CT molecular complexity index is 427. The van der Waals surface area contributed by atoms with Crippen LogP contribution in [0.5, 0.6) is 0 Å². The number of morpholine rings is 1. The van der Waals surface area contributed by atoms with Crippen molar-refractivity contribution in [3.63, 3.8) is 0 Å². The molecule has 1 aliphatic carbocycles. The molecule has 1 unspecified atom stereocenters. The van der Waals surface area contributed by atoms with E-state index in [-0.39, 0.29) is 0 Å². The summed E-state index contributed by atoms with van der Waals surface area (Å²) in [5, 5.41) is 3.51. The Balaban J connectivity index is 1.55. The summed E-state index contributed by atoms with van der Waals surface area (Å²) >= 11 is 0. The molecular formula is C16H24N2O. The summed E-state index contributed by atoms with van der Waals surface area (Å²) in [4.78, 5) is 2.39. The predicted octanol–water partition coefficient (Wildman–Crippen LogP) is 1.60. The molecule has 3 nitrogen and oxygen atoms in total. The van der Waals surface area contributed by atoms with E-state index in [0.717, 1.165) is 32.8 Å². The van der Waals surface area contributed by atoms with Crippen molar-refractivity contribution in [2.75, 3.05) is 33.4 Å². The molecular weight excluding hydrogens is 236 g/mol. The van der Waals surface area contributed by atoms with E-state index >= 15 is 0 Å². The van der Waals surface area contributed by atoms with Crippen LogP contribution in [0.1, 0.15) is 23.1 Å². The van der Waals surface area contributed by atoms with E-state index in [1.807, 2.05) is 0 Å². The average molecular weight is 260 g/mol. The van der Waals surface area contributed by atoms with Gasteiger partial charge in [0.1, 0.15) is 0 Å². The fourth-order valence-electron chi connectivity index (χ4n) is 3.21. The van der Waals surface area contributed by atoms with Gasteiger partial charge in [-0.25, -0.2) is 0 Å². The number of rotatable bonds is 4. The zero-order valence-electron chi connectivity index (χ0n) is 11.8. The normalized spacial score (nSPS) is 22.7. The Labute approximate surface area is 115 Å². The van der Waals surface area contributed by atoms with Gasteiger partial charge >= 0.3 is 0 Å². The number of hydrogen-bond donors (Lipinski definition) is 1. The molecule has 1 fully saturated rings. The SMILES string of the molecule is CN(Cc1ccc2c(c1)CCC2)CC1COCCN1. The summed E-state index contributed by atoms with van der Waals surface area (Å²) < 4.78 is 5.50.